The van der Waals surface area contributed by atoms with Crippen LogP contribution in [0, 0.1) is 5.92 Å². The average Bonchev–Trinajstić information content (AvgIpc) is 3.34. The van der Waals surface area contributed by atoms with Crippen LogP contribution in [0.4, 0.5) is 0 Å². The summed E-state index contributed by atoms with van der Waals surface area (Å²) in [4.78, 5) is 0. The summed E-state index contributed by atoms with van der Waals surface area (Å²) in [5.74, 6) is -3.30. The van der Waals surface area contributed by atoms with Crippen molar-refractivity contribution in [1.29, 1.82) is 0 Å². The molecular weight excluding hydrogens is 606 g/mol. The van der Waals surface area contributed by atoms with Gasteiger partial charge in [-0.15, -0.1) is 0 Å². The predicted octanol–water partition coefficient (Wildman–Crippen LogP) is -8.18. The number of aliphatic hydroxyl groups is 8. The van der Waals surface area contributed by atoms with E-state index in [0.717, 1.165) is 0 Å². The quantitative estimate of drug-likeness (QED) is 0.0917. The molecule has 0 amide bonds. The molecule has 19 nitrogen and oxygen atoms in total. The fourth-order valence-electron chi connectivity index (χ4n) is 6.83. The van der Waals surface area contributed by atoms with E-state index in [-0.39, 0.29) is 19.4 Å². The van der Waals surface area contributed by atoms with Gasteiger partial charge in [-0.25, -0.2) is 0 Å². The smallest absolute Gasteiger partial charge is 0.224 e. The lowest BCUT2D eigenvalue weighted by Gasteiger charge is -2.49. The number of aliphatic hydroxyl groups excluding tert-OH is 7. The molecule has 0 aromatic rings. The van der Waals surface area contributed by atoms with Crippen LogP contribution in [-0.4, -0.2) is 184 Å². The third-order valence-corrected chi connectivity index (χ3v) is 9.57. The zero-order chi connectivity index (χ0) is 33.4. The summed E-state index contributed by atoms with van der Waals surface area (Å²) >= 11 is 0. The number of nitrogens with two attached hydrogens (primary N) is 5. The van der Waals surface area contributed by atoms with Gasteiger partial charge in [-0.1, -0.05) is 0 Å². The molecule has 19 atom stereocenters. The molecule has 0 aromatic heterocycles. The third-order valence-electron chi connectivity index (χ3n) is 9.57. The zero-order valence-electron chi connectivity index (χ0n) is 25.0. The second-order valence-electron chi connectivity index (χ2n) is 12.4. The van der Waals surface area contributed by atoms with Crippen molar-refractivity contribution in [2.75, 3.05) is 33.5 Å². The van der Waals surface area contributed by atoms with Crippen LogP contribution < -0.4 is 28.7 Å². The fraction of sp³-hybridized carbons (Fsp3) is 1.00. The first-order valence-electron chi connectivity index (χ1n) is 15.1. The standard InChI is InChI=1S/C26H51N5O14/c1-40-22-8(2-11-16(30)20(36)18(34)12(4-27)42-11)13(5-32)44-25(22)45-26(39)23(38)9(28)3-10(29)24(26)41-7-15-17(31)21(37)19(35)14(6-33)43-15/h8-25,32-39H,2-7,27-31H2,1H3/t8-,9+,10?,11+,12-,13?,14?,15-,16?,17?,18+,19+,20?,21+,22-,23?,24+,25?,26-/m0/s1. The van der Waals surface area contributed by atoms with Crippen LogP contribution in [0.1, 0.15) is 12.8 Å². The van der Waals surface area contributed by atoms with E-state index >= 15 is 0 Å². The molecule has 1 aliphatic carbocycles. The van der Waals surface area contributed by atoms with E-state index in [2.05, 4.69) is 0 Å². The highest BCUT2D eigenvalue weighted by Crippen LogP contribution is 2.41. The molecule has 0 aromatic carbocycles. The number of ether oxygens (including phenoxy) is 6. The topological polar surface area (TPSA) is 347 Å². The van der Waals surface area contributed by atoms with Crippen LogP contribution in [0.5, 0.6) is 0 Å². The minimum atomic E-state index is -2.61. The Morgan fingerprint density at radius 3 is 1.91 bits per heavy atom. The SMILES string of the molecule is CO[C@@H]1C(O[C@@]2(O)C(O)[C@H](N)CC(N)[C@H]2OC[C@@H]2OC(CO)[C@@H](O)[C@H](O)C2N)OC(CO)[C@@H]1C[C@H]1O[C@@H](CN)[C@@H](O)C(O)C1N. The average molecular weight is 658 g/mol. The normalized spacial score (nSPS) is 52.7. The predicted molar refractivity (Wildman–Crippen MR) is 150 cm³/mol. The molecule has 4 fully saturated rings. The van der Waals surface area contributed by atoms with Crippen molar-refractivity contribution in [3.63, 3.8) is 0 Å². The van der Waals surface area contributed by atoms with Gasteiger partial charge in [0.1, 0.15) is 48.8 Å². The molecule has 4 rings (SSSR count). The van der Waals surface area contributed by atoms with Gasteiger partial charge in [0.2, 0.25) is 5.79 Å². The van der Waals surface area contributed by atoms with Crippen molar-refractivity contribution in [3.8, 4) is 0 Å². The molecule has 3 heterocycles. The van der Waals surface area contributed by atoms with Gasteiger partial charge < -0.3 is 97.9 Å². The molecule has 3 aliphatic heterocycles. The molecule has 19 heteroatoms. The van der Waals surface area contributed by atoms with Crippen molar-refractivity contribution < 1.29 is 69.3 Å². The highest BCUT2D eigenvalue weighted by atomic mass is 16.8. The van der Waals surface area contributed by atoms with Gasteiger partial charge >= 0.3 is 0 Å². The highest BCUT2D eigenvalue weighted by Gasteiger charge is 2.60. The summed E-state index contributed by atoms with van der Waals surface area (Å²) in [6.07, 6.45) is -16.0. The van der Waals surface area contributed by atoms with E-state index in [9.17, 15) is 40.9 Å². The van der Waals surface area contributed by atoms with Crippen molar-refractivity contribution >= 4 is 0 Å². The van der Waals surface area contributed by atoms with Crippen molar-refractivity contribution in [2.24, 2.45) is 34.6 Å². The molecule has 264 valence electrons. The molecule has 18 N–H and O–H groups in total. The van der Waals surface area contributed by atoms with Crippen molar-refractivity contribution in [1.82, 2.24) is 0 Å². The van der Waals surface area contributed by atoms with E-state index in [0.29, 0.717) is 0 Å². The molecule has 8 unspecified atom stereocenters. The minimum absolute atomic E-state index is 0.00417. The van der Waals surface area contributed by atoms with Crippen LogP contribution in [-0.2, 0) is 28.4 Å². The van der Waals surface area contributed by atoms with Crippen LogP contribution in [0.2, 0.25) is 0 Å². The van der Waals surface area contributed by atoms with Gasteiger partial charge in [0, 0.05) is 31.7 Å². The Bertz CT molecular complexity index is 944. The third kappa shape index (κ3) is 7.17. The number of methoxy groups -OCH3 is 1. The summed E-state index contributed by atoms with van der Waals surface area (Å²) in [5.41, 5.74) is 30.3. The summed E-state index contributed by atoms with van der Waals surface area (Å²) in [6.45, 7) is -1.62. The summed E-state index contributed by atoms with van der Waals surface area (Å²) in [5, 5.41) is 83.8. The fourth-order valence-corrected chi connectivity index (χ4v) is 6.83. The Kier molecular flexibility index (Phi) is 12.5. The Hall–Kier alpha value is -0.760. The van der Waals surface area contributed by atoms with Crippen LogP contribution >= 0.6 is 0 Å². The largest absolute Gasteiger partial charge is 0.394 e. The molecular formula is C26H51N5O14. The van der Waals surface area contributed by atoms with Gasteiger partial charge in [-0.2, -0.15) is 0 Å². The van der Waals surface area contributed by atoms with Gasteiger partial charge in [0.05, 0.1) is 56.3 Å². The number of hydrogen-bond acceptors (Lipinski definition) is 19. The summed E-state index contributed by atoms with van der Waals surface area (Å²) in [6, 6.07) is -4.22. The number of rotatable bonds is 11. The second-order valence-corrected chi connectivity index (χ2v) is 12.4. The van der Waals surface area contributed by atoms with E-state index in [1.54, 1.807) is 0 Å². The summed E-state index contributed by atoms with van der Waals surface area (Å²) < 4.78 is 35.0. The second kappa shape index (κ2) is 15.2. The maximum atomic E-state index is 11.9. The Morgan fingerprint density at radius 1 is 0.756 bits per heavy atom. The molecule has 1 saturated carbocycles. The van der Waals surface area contributed by atoms with Gasteiger partial charge in [-0.3, -0.25) is 0 Å². The van der Waals surface area contributed by atoms with Crippen LogP contribution in [0.15, 0.2) is 0 Å². The van der Waals surface area contributed by atoms with E-state index in [1.807, 2.05) is 0 Å². The van der Waals surface area contributed by atoms with Crippen molar-refractivity contribution in [2.45, 2.75) is 122 Å². The van der Waals surface area contributed by atoms with E-state index in [4.69, 9.17) is 57.1 Å². The zero-order valence-corrected chi connectivity index (χ0v) is 25.0. The van der Waals surface area contributed by atoms with Gasteiger partial charge in [-0.05, 0) is 12.8 Å². The lowest BCUT2D eigenvalue weighted by Crippen LogP contribution is -2.72. The lowest BCUT2D eigenvalue weighted by molar-refractivity contribution is -0.378. The van der Waals surface area contributed by atoms with Crippen LogP contribution in [0.25, 0.3) is 0 Å². The number of hydrogen-bond donors (Lipinski definition) is 13. The van der Waals surface area contributed by atoms with E-state index < -0.39 is 135 Å². The Labute approximate surface area is 260 Å². The highest BCUT2D eigenvalue weighted by molar-refractivity contribution is 5.06. The Balaban J connectivity index is 1.53. The monoisotopic (exact) mass is 657 g/mol. The first kappa shape index (κ1) is 37.1. The maximum Gasteiger partial charge on any atom is 0.224 e. The van der Waals surface area contributed by atoms with Crippen LogP contribution in [0.3, 0.4) is 0 Å². The first-order chi connectivity index (χ1) is 21.2. The van der Waals surface area contributed by atoms with Gasteiger partial charge in [0.15, 0.2) is 6.29 Å². The lowest BCUT2D eigenvalue weighted by atomic mass is 9.81. The van der Waals surface area contributed by atoms with Gasteiger partial charge in [0.25, 0.3) is 0 Å². The Morgan fingerprint density at radius 2 is 1.33 bits per heavy atom. The van der Waals surface area contributed by atoms with Crippen molar-refractivity contribution in [3.05, 3.63) is 0 Å². The molecule has 0 radical (unpaired) electrons. The molecule has 45 heavy (non-hydrogen) atoms. The summed E-state index contributed by atoms with van der Waals surface area (Å²) in [7, 11) is 1.34. The molecule has 3 saturated heterocycles. The minimum Gasteiger partial charge on any atom is -0.394 e. The molecule has 0 bridgehead atoms. The maximum absolute atomic E-state index is 11.9. The van der Waals surface area contributed by atoms with E-state index in [1.165, 1.54) is 7.11 Å². The molecule has 4 aliphatic rings. The first-order valence-corrected chi connectivity index (χ1v) is 15.1. The molecule has 0 spiro atoms.